The molecule has 1 aliphatic carbocycles. The maximum atomic E-state index is 13.2. The molecule has 1 saturated carbocycles. The Morgan fingerprint density at radius 1 is 1.20 bits per heavy atom. The van der Waals surface area contributed by atoms with Gasteiger partial charge in [-0.1, -0.05) is 11.6 Å². The van der Waals surface area contributed by atoms with Crippen molar-refractivity contribution in [1.29, 1.82) is 0 Å². The number of rotatable bonds is 3. The molecule has 3 atom stereocenters. The van der Waals surface area contributed by atoms with E-state index >= 15 is 0 Å². The molecule has 4 nitrogen and oxygen atoms in total. The molecular formula is C18H21Cl3N2O2. The third kappa shape index (κ3) is 3.91. The number of hydrogen-bond donors (Lipinski definition) is 1. The summed E-state index contributed by atoms with van der Waals surface area (Å²) in [6.07, 6.45) is 3.47. The largest absolute Gasteiger partial charge is 0.333 e. The van der Waals surface area contributed by atoms with Crippen LogP contribution in [0.5, 0.6) is 0 Å². The standard InChI is InChI=1S/C18H21Cl3N2O2/c1-10-4-3-5-11(2)23(10)17(25)13-8-12(19)6-7-15(13)22-16(24)14-9-18(14,20)21/h6-8,10-11,14H,3-5,9H2,1-2H3,(H,22,24). The first kappa shape index (κ1) is 18.8. The van der Waals surface area contributed by atoms with E-state index in [4.69, 9.17) is 34.8 Å². The van der Waals surface area contributed by atoms with Crippen molar-refractivity contribution < 1.29 is 9.59 Å². The zero-order chi connectivity index (χ0) is 18.4. The molecule has 1 N–H and O–H groups in total. The molecular weight excluding hydrogens is 383 g/mol. The minimum atomic E-state index is -1.00. The third-order valence-corrected chi connectivity index (χ3v) is 6.11. The van der Waals surface area contributed by atoms with Gasteiger partial charge in [-0.25, -0.2) is 0 Å². The molecule has 25 heavy (non-hydrogen) atoms. The van der Waals surface area contributed by atoms with Crippen LogP contribution in [0.15, 0.2) is 18.2 Å². The molecule has 3 rings (SSSR count). The lowest BCUT2D eigenvalue weighted by Crippen LogP contribution is -2.47. The van der Waals surface area contributed by atoms with Gasteiger partial charge in [0, 0.05) is 17.1 Å². The predicted molar refractivity (Wildman–Crippen MR) is 102 cm³/mol. The van der Waals surface area contributed by atoms with Gasteiger partial charge in [0.1, 0.15) is 4.33 Å². The number of carbonyl (C=O) groups excluding carboxylic acids is 2. The predicted octanol–water partition coefficient (Wildman–Crippen LogP) is 4.88. The monoisotopic (exact) mass is 402 g/mol. The van der Waals surface area contributed by atoms with Crippen molar-refractivity contribution in [2.45, 2.75) is 55.9 Å². The summed E-state index contributed by atoms with van der Waals surface area (Å²) in [6, 6.07) is 5.22. The van der Waals surface area contributed by atoms with Crippen LogP contribution in [0.25, 0.3) is 0 Å². The topological polar surface area (TPSA) is 49.4 Å². The van der Waals surface area contributed by atoms with E-state index in [1.807, 2.05) is 4.90 Å². The molecule has 2 aliphatic rings. The van der Waals surface area contributed by atoms with Crippen LogP contribution in [0.2, 0.25) is 5.02 Å². The van der Waals surface area contributed by atoms with Gasteiger partial charge in [-0.3, -0.25) is 9.59 Å². The van der Waals surface area contributed by atoms with Gasteiger partial charge in [0.25, 0.3) is 5.91 Å². The summed E-state index contributed by atoms with van der Waals surface area (Å²) < 4.78 is -1.00. The fraction of sp³-hybridized carbons (Fsp3) is 0.556. The second-order valence-corrected chi connectivity index (χ2v) is 9.02. The molecule has 136 valence electrons. The van der Waals surface area contributed by atoms with Crippen LogP contribution in [0, 0.1) is 5.92 Å². The van der Waals surface area contributed by atoms with Gasteiger partial charge in [0.05, 0.1) is 17.2 Å². The van der Waals surface area contributed by atoms with Gasteiger partial charge in [-0.2, -0.15) is 0 Å². The second kappa shape index (κ2) is 6.98. The maximum absolute atomic E-state index is 13.2. The number of hydrogen-bond acceptors (Lipinski definition) is 2. The van der Waals surface area contributed by atoms with Crippen LogP contribution in [-0.4, -0.2) is 33.1 Å². The Bertz CT molecular complexity index is 698. The summed E-state index contributed by atoms with van der Waals surface area (Å²) >= 11 is 18.0. The van der Waals surface area contributed by atoms with Crippen LogP contribution in [0.1, 0.15) is 49.9 Å². The van der Waals surface area contributed by atoms with Gasteiger partial charge in [-0.15, -0.1) is 23.2 Å². The number of halogens is 3. The average Bonchev–Trinajstić information content (AvgIpc) is 3.17. The van der Waals surface area contributed by atoms with Gasteiger partial charge in [0.2, 0.25) is 5.91 Å². The Labute approximate surface area is 162 Å². The molecule has 0 radical (unpaired) electrons. The van der Waals surface area contributed by atoms with Gasteiger partial charge in [0.15, 0.2) is 0 Å². The average molecular weight is 404 g/mol. The molecule has 1 heterocycles. The normalized spacial score (nSPS) is 27.7. The molecule has 1 saturated heterocycles. The first-order valence-corrected chi connectivity index (χ1v) is 9.65. The SMILES string of the molecule is CC1CCCC(C)N1C(=O)c1cc(Cl)ccc1NC(=O)C1CC1(Cl)Cl. The molecule has 1 aliphatic heterocycles. The summed E-state index contributed by atoms with van der Waals surface area (Å²) in [6.45, 7) is 4.10. The number of piperidine rings is 1. The highest BCUT2D eigenvalue weighted by atomic mass is 35.5. The van der Waals surface area contributed by atoms with Gasteiger partial charge < -0.3 is 10.2 Å². The van der Waals surface area contributed by atoms with Crippen molar-refractivity contribution in [1.82, 2.24) is 4.90 Å². The molecule has 2 fully saturated rings. The lowest BCUT2D eigenvalue weighted by Gasteiger charge is -2.39. The molecule has 0 aromatic heterocycles. The second-order valence-electron chi connectivity index (χ2n) is 7.04. The number of anilines is 1. The van der Waals surface area contributed by atoms with Crippen molar-refractivity contribution >= 4 is 52.3 Å². The number of nitrogens with one attached hydrogen (secondary N) is 1. The van der Waals surface area contributed by atoms with Crippen LogP contribution in [0.3, 0.4) is 0 Å². The molecule has 0 bridgehead atoms. The van der Waals surface area contributed by atoms with E-state index < -0.39 is 10.3 Å². The van der Waals surface area contributed by atoms with Gasteiger partial charge >= 0.3 is 0 Å². The van der Waals surface area contributed by atoms with E-state index in [9.17, 15) is 9.59 Å². The van der Waals surface area contributed by atoms with Crippen molar-refractivity contribution in [3.8, 4) is 0 Å². The van der Waals surface area contributed by atoms with Crippen molar-refractivity contribution in [2.24, 2.45) is 5.92 Å². The highest BCUT2D eigenvalue weighted by molar-refractivity contribution is 6.52. The van der Waals surface area contributed by atoms with Crippen LogP contribution < -0.4 is 5.32 Å². The van der Waals surface area contributed by atoms with E-state index in [1.54, 1.807) is 18.2 Å². The summed E-state index contributed by atoms with van der Waals surface area (Å²) in [5.74, 6) is -0.847. The summed E-state index contributed by atoms with van der Waals surface area (Å²) in [5.41, 5.74) is 0.845. The van der Waals surface area contributed by atoms with Crippen LogP contribution in [-0.2, 0) is 4.79 Å². The fourth-order valence-electron chi connectivity index (χ4n) is 3.48. The summed E-state index contributed by atoms with van der Waals surface area (Å²) in [4.78, 5) is 27.4. The van der Waals surface area contributed by atoms with Crippen LogP contribution in [0.4, 0.5) is 5.69 Å². The zero-order valence-electron chi connectivity index (χ0n) is 14.2. The smallest absolute Gasteiger partial charge is 0.256 e. The fourth-order valence-corrected chi connectivity index (χ4v) is 4.16. The minimum absolute atomic E-state index is 0.115. The maximum Gasteiger partial charge on any atom is 0.256 e. The summed E-state index contributed by atoms with van der Waals surface area (Å²) in [5, 5.41) is 3.24. The number of likely N-dealkylation sites (tertiary alicyclic amines) is 1. The first-order valence-electron chi connectivity index (χ1n) is 8.51. The Balaban J connectivity index is 1.86. The van der Waals surface area contributed by atoms with E-state index in [2.05, 4.69) is 19.2 Å². The van der Waals surface area contributed by atoms with E-state index in [0.29, 0.717) is 22.7 Å². The molecule has 0 spiro atoms. The third-order valence-electron chi connectivity index (χ3n) is 5.04. The van der Waals surface area contributed by atoms with Crippen molar-refractivity contribution in [2.75, 3.05) is 5.32 Å². The van der Waals surface area contributed by atoms with Crippen molar-refractivity contribution in [3.63, 3.8) is 0 Å². The molecule has 1 aromatic carbocycles. The molecule has 7 heteroatoms. The van der Waals surface area contributed by atoms with Crippen LogP contribution >= 0.6 is 34.8 Å². The number of amides is 2. The molecule has 3 unspecified atom stereocenters. The zero-order valence-corrected chi connectivity index (χ0v) is 16.5. The van der Waals surface area contributed by atoms with E-state index in [-0.39, 0.29) is 23.9 Å². The number of carbonyl (C=O) groups is 2. The Morgan fingerprint density at radius 2 is 1.80 bits per heavy atom. The highest BCUT2D eigenvalue weighted by Crippen LogP contribution is 2.53. The Kier molecular flexibility index (Phi) is 5.25. The number of benzene rings is 1. The highest BCUT2D eigenvalue weighted by Gasteiger charge is 2.56. The van der Waals surface area contributed by atoms with Gasteiger partial charge in [-0.05, 0) is 57.7 Å². The first-order chi connectivity index (χ1) is 11.7. The van der Waals surface area contributed by atoms with E-state index in [0.717, 1.165) is 19.3 Å². The Morgan fingerprint density at radius 3 is 2.36 bits per heavy atom. The van der Waals surface area contributed by atoms with Crippen molar-refractivity contribution in [3.05, 3.63) is 28.8 Å². The summed E-state index contributed by atoms with van der Waals surface area (Å²) in [7, 11) is 0. The molecule has 2 amide bonds. The quantitative estimate of drug-likeness (QED) is 0.732. The molecule has 1 aromatic rings. The minimum Gasteiger partial charge on any atom is -0.333 e. The number of nitrogens with zero attached hydrogens (tertiary/aromatic N) is 1. The lowest BCUT2D eigenvalue weighted by molar-refractivity contribution is -0.117. The van der Waals surface area contributed by atoms with E-state index in [1.165, 1.54) is 0 Å². The lowest BCUT2D eigenvalue weighted by atomic mass is 9.96. The number of alkyl halides is 2. The Hall–Kier alpha value is -0.970.